The zero-order valence-corrected chi connectivity index (χ0v) is 11.0. The first-order chi connectivity index (χ1) is 9.66. The Balaban J connectivity index is 2.12. The van der Waals surface area contributed by atoms with E-state index < -0.39 is 5.82 Å². The zero-order valence-electron chi connectivity index (χ0n) is 10.1. The molecule has 0 saturated carbocycles. The van der Waals surface area contributed by atoms with E-state index in [0.29, 0.717) is 27.0 Å². The SMILES string of the molecule is O=C1c2ccccc2C(=O)c2c1sc1ccc(F)cc21. The molecule has 0 aliphatic heterocycles. The lowest BCUT2D eigenvalue weighted by Gasteiger charge is -2.13. The van der Waals surface area contributed by atoms with Gasteiger partial charge >= 0.3 is 0 Å². The van der Waals surface area contributed by atoms with Crippen molar-refractivity contribution in [1.82, 2.24) is 0 Å². The first kappa shape index (κ1) is 11.5. The molecule has 0 saturated heterocycles. The van der Waals surface area contributed by atoms with Crippen molar-refractivity contribution in [2.45, 2.75) is 0 Å². The lowest BCUT2D eigenvalue weighted by Crippen LogP contribution is -2.18. The Morgan fingerprint density at radius 3 is 2.35 bits per heavy atom. The predicted molar refractivity (Wildman–Crippen MR) is 75.1 cm³/mol. The van der Waals surface area contributed by atoms with Crippen LogP contribution in [0.3, 0.4) is 0 Å². The van der Waals surface area contributed by atoms with Gasteiger partial charge in [0.1, 0.15) is 5.82 Å². The number of carbonyl (C=O) groups excluding carboxylic acids is 2. The van der Waals surface area contributed by atoms with Crippen LogP contribution in [-0.2, 0) is 0 Å². The minimum absolute atomic E-state index is 0.156. The molecule has 20 heavy (non-hydrogen) atoms. The standard InChI is InChI=1S/C16H7FO2S/c17-8-5-6-12-11(7-8)13-14(18)9-3-1-2-4-10(9)15(19)16(13)20-12/h1-7H. The molecule has 0 bridgehead atoms. The number of hydrogen-bond acceptors (Lipinski definition) is 3. The van der Waals surface area contributed by atoms with E-state index in [4.69, 9.17) is 0 Å². The predicted octanol–water partition coefficient (Wildman–Crippen LogP) is 3.82. The maximum absolute atomic E-state index is 13.4. The molecule has 0 N–H and O–H groups in total. The van der Waals surface area contributed by atoms with Crippen molar-refractivity contribution in [2.75, 3.05) is 0 Å². The molecule has 3 aromatic rings. The summed E-state index contributed by atoms with van der Waals surface area (Å²) in [6, 6.07) is 11.0. The minimum Gasteiger partial charge on any atom is -0.289 e. The fraction of sp³-hybridized carbons (Fsp3) is 0. The van der Waals surface area contributed by atoms with Crippen LogP contribution in [0.2, 0.25) is 0 Å². The number of rotatable bonds is 0. The highest BCUT2D eigenvalue weighted by molar-refractivity contribution is 7.21. The molecule has 4 rings (SSSR count). The molecular weight excluding hydrogens is 275 g/mol. The molecule has 0 radical (unpaired) electrons. The van der Waals surface area contributed by atoms with Gasteiger partial charge in [-0.15, -0.1) is 11.3 Å². The molecule has 2 aromatic carbocycles. The van der Waals surface area contributed by atoms with E-state index >= 15 is 0 Å². The Labute approximate surface area is 117 Å². The number of ketones is 2. The summed E-state index contributed by atoms with van der Waals surface area (Å²) in [5.74, 6) is -0.763. The lowest BCUT2D eigenvalue weighted by atomic mass is 9.87. The molecule has 96 valence electrons. The summed E-state index contributed by atoms with van der Waals surface area (Å²) in [5, 5.41) is 0.526. The molecule has 1 heterocycles. The monoisotopic (exact) mass is 282 g/mol. The topological polar surface area (TPSA) is 34.1 Å². The van der Waals surface area contributed by atoms with Gasteiger partial charge in [-0.05, 0) is 18.2 Å². The van der Waals surface area contributed by atoms with Crippen LogP contribution in [0.15, 0.2) is 42.5 Å². The highest BCUT2D eigenvalue weighted by Crippen LogP contribution is 2.38. The average Bonchev–Trinajstić information content (AvgIpc) is 2.84. The second-order valence-corrected chi connectivity index (χ2v) is 5.70. The van der Waals surface area contributed by atoms with E-state index in [9.17, 15) is 14.0 Å². The quantitative estimate of drug-likeness (QED) is 0.491. The van der Waals surface area contributed by atoms with Gasteiger partial charge in [0.25, 0.3) is 0 Å². The third-order valence-corrected chi connectivity index (χ3v) is 4.67. The van der Waals surface area contributed by atoms with Gasteiger partial charge in [-0.2, -0.15) is 0 Å². The van der Waals surface area contributed by atoms with Gasteiger partial charge < -0.3 is 0 Å². The van der Waals surface area contributed by atoms with Crippen LogP contribution in [-0.4, -0.2) is 11.6 Å². The third kappa shape index (κ3) is 1.37. The van der Waals surface area contributed by atoms with Gasteiger partial charge in [-0.1, -0.05) is 24.3 Å². The van der Waals surface area contributed by atoms with Crippen molar-refractivity contribution in [3.63, 3.8) is 0 Å². The van der Waals surface area contributed by atoms with E-state index in [1.54, 1.807) is 30.3 Å². The number of hydrogen-bond donors (Lipinski definition) is 0. The van der Waals surface area contributed by atoms with Crippen LogP contribution < -0.4 is 0 Å². The van der Waals surface area contributed by atoms with Crippen LogP contribution in [0.4, 0.5) is 4.39 Å². The Morgan fingerprint density at radius 2 is 1.60 bits per heavy atom. The van der Waals surface area contributed by atoms with Gasteiger partial charge in [-0.3, -0.25) is 9.59 Å². The summed E-state index contributed by atoms with van der Waals surface area (Å²) in [6.07, 6.45) is 0. The normalized spacial score (nSPS) is 13.4. The van der Waals surface area contributed by atoms with E-state index in [0.717, 1.165) is 4.70 Å². The highest BCUT2D eigenvalue weighted by Gasteiger charge is 2.33. The summed E-state index contributed by atoms with van der Waals surface area (Å²) >= 11 is 1.25. The summed E-state index contributed by atoms with van der Waals surface area (Å²) in [6.45, 7) is 0. The molecule has 0 spiro atoms. The van der Waals surface area contributed by atoms with Crippen LogP contribution in [0.5, 0.6) is 0 Å². The Hall–Kier alpha value is -2.33. The average molecular weight is 282 g/mol. The van der Waals surface area contributed by atoms with Gasteiger partial charge in [-0.25, -0.2) is 4.39 Å². The highest BCUT2D eigenvalue weighted by atomic mass is 32.1. The minimum atomic E-state index is -0.405. The van der Waals surface area contributed by atoms with E-state index in [1.165, 1.54) is 23.5 Å². The van der Waals surface area contributed by atoms with Gasteiger partial charge in [0.2, 0.25) is 5.78 Å². The van der Waals surface area contributed by atoms with E-state index in [2.05, 4.69) is 0 Å². The third-order valence-electron chi connectivity index (χ3n) is 3.50. The van der Waals surface area contributed by atoms with Crippen molar-refractivity contribution in [3.8, 4) is 0 Å². The van der Waals surface area contributed by atoms with Crippen molar-refractivity contribution in [3.05, 3.63) is 69.8 Å². The van der Waals surface area contributed by atoms with Gasteiger partial charge in [0, 0.05) is 21.2 Å². The van der Waals surface area contributed by atoms with Crippen LogP contribution in [0.25, 0.3) is 10.1 Å². The molecular formula is C16H7FO2S. The first-order valence-electron chi connectivity index (χ1n) is 6.07. The second kappa shape index (κ2) is 3.84. The maximum Gasteiger partial charge on any atom is 0.204 e. The maximum atomic E-state index is 13.4. The van der Waals surface area contributed by atoms with Crippen molar-refractivity contribution >= 4 is 33.0 Å². The number of halogens is 1. The molecule has 2 nitrogen and oxygen atoms in total. The van der Waals surface area contributed by atoms with Crippen molar-refractivity contribution in [1.29, 1.82) is 0 Å². The molecule has 4 heteroatoms. The molecule has 0 unspecified atom stereocenters. The fourth-order valence-electron chi connectivity index (χ4n) is 2.59. The van der Waals surface area contributed by atoms with Crippen molar-refractivity contribution < 1.29 is 14.0 Å². The van der Waals surface area contributed by atoms with E-state index in [1.807, 2.05) is 0 Å². The number of benzene rings is 2. The Kier molecular flexibility index (Phi) is 2.20. The molecule has 0 fully saturated rings. The number of thiophene rings is 1. The summed E-state index contributed by atoms with van der Waals surface area (Å²) in [7, 11) is 0. The molecule has 0 amide bonds. The zero-order chi connectivity index (χ0) is 13.9. The van der Waals surface area contributed by atoms with Crippen LogP contribution in [0, 0.1) is 5.82 Å². The first-order valence-corrected chi connectivity index (χ1v) is 6.89. The lowest BCUT2D eigenvalue weighted by molar-refractivity contribution is 0.0983. The van der Waals surface area contributed by atoms with Crippen LogP contribution in [0.1, 0.15) is 31.2 Å². The molecule has 1 aliphatic carbocycles. The largest absolute Gasteiger partial charge is 0.289 e. The summed E-state index contributed by atoms with van der Waals surface area (Å²) in [4.78, 5) is 25.5. The van der Waals surface area contributed by atoms with Crippen molar-refractivity contribution in [2.24, 2.45) is 0 Å². The number of fused-ring (bicyclic) bond motifs is 4. The molecule has 0 atom stereocenters. The van der Waals surface area contributed by atoms with Gasteiger partial charge in [0.15, 0.2) is 5.78 Å². The number of carbonyl (C=O) groups is 2. The molecule has 1 aromatic heterocycles. The Bertz CT molecular complexity index is 908. The molecule has 1 aliphatic rings. The fourth-order valence-corrected chi connectivity index (χ4v) is 3.73. The summed E-state index contributed by atoms with van der Waals surface area (Å²) < 4.78 is 14.2. The Morgan fingerprint density at radius 1 is 0.900 bits per heavy atom. The second-order valence-electron chi connectivity index (χ2n) is 4.65. The van der Waals surface area contributed by atoms with Gasteiger partial charge in [0.05, 0.1) is 10.4 Å². The van der Waals surface area contributed by atoms with Crippen LogP contribution >= 0.6 is 11.3 Å². The van der Waals surface area contributed by atoms with E-state index in [-0.39, 0.29) is 11.6 Å². The summed E-state index contributed by atoms with van der Waals surface area (Å²) in [5.41, 5.74) is 1.17. The smallest absolute Gasteiger partial charge is 0.204 e.